The van der Waals surface area contributed by atoms with Crippen LogP contribution in [0, 0.1) is 0 Å². The van der Waals surface area contributed by atoms with Crippen molar-refractivity contribution in [3.05, 3.63) is 27.7 Å². The molecular formula is C15H20BrN3O2S. The van der Waals surface area contributed by atoms with E-state index in [-0.39, 0.29) is 5.91 Å². The largest absolute Gasteiger partial charge is 0.383 e. The third-order valence-corrected chi connectivity index (χ3v) is 4.66. The molecule has 0 aliphatic heterocycles. The Bertz CT molecular complexity index is 618. The van der Waals surface area contributed by atoms with Crippen LogP contribution >= 0.6 is 27.3 Å². The van der Waals surface area contributed by atoms with Crippen LogP contribution in [0.4, 0.5) is 0 Å². The summed E-state index contributed by atoms with van der Waals surface area (Å²) in [6, 6.07) is 6.06. The number of nitrogens with one attached hydrogen (secondary N) is 2. The highest BCUT2D eigenvalue weighted by molar-refractivity contribution is 9.10. The maximum Gasteiger partial charge on any atom is 0.220 e. The number of carbonyl (C=O) groups excluding carboxylic acids is 1. The summed E-state index contributed by atoms with van der Waals surface area (Å²) in [4.78, 5) is 16.3. The average molecular weight is 386 g/mol. The molecule has 1 amide bonds. The summed E-state index contributed by atoms with van der Waals surface area (Å²) in [7, 11) is 1.67. The van der Waals surface area contributed by atoms with Crippen LogP contribution in [0.25, 0.3) is 10.2 Å². The zero-order valence-electron chi connectivity index (χ0n) is 12.5. The molecule has 0 spiro atoms. The van der Waals surface area contributed by atoms with Gasteiger partial charge in [0.2, 0.25) is 5.91 Å². The van der Waals surface area contributed by atoms with Crippen molar-refractivity contribution >= 4 is 43.4 Å². The molecule has 0 saturated carbocycles. The summed E-state index contributed by atoms with van der Waals surface area (Å²) in [5, 5.41) is 7.09. The molecule has 5 nitrogen and oxygen atoms in total. The van der Waals surface area contributed by atoms with E-state index in [4.69, 9.17) is 4.74 Å². The van der Waals surface area contributed by atoms with Crippen LogP contribution in [0.1, 0.15) is 11.4 Å². The van der Waals surface area contributed by atoms with Crippen molar-refractivity contribution in [3.63, 3.8) is 0 Å². The average Bonchev–Trinajstić information content (AvgIpc) is 2.90. The number of aryl methyl sites for hydroxylation is 1. The number of carbonyl (C=O) groups is 1. The Morgan fingerprint density at radius 2 is 2.23 bits per heavy atom. The van der Waals surface area contributed by atoms with Crippen LogP contribution in [0.5, 0.6) is 0 Å². The van der Waals surface area contributed by atoms with Crippen molar-refractivity contribution in [2.75, 3.05) is 33.4 Å². The van der Waals surface area contributed by atoms with E-state index in [1.54, 1.807) is 18.4 Å². The van der Waals surface area contributed by atoms with Gasteiger partial charge >= 0.3 is 0 Å². The van der Waals surface area contributed by atoms with Crippen LogP contribution in [0.3, 0.4) is 0 Å². The monoisotopic (exact) mass is 385 g/mol. The molecule has 22 heavy (non-hydrogen) atoms. The Morgan fingerprint density at radius 1 is 1.36 bits per heavy atom. The number of benzene rings is 1. The molecule has 2 aromatic rings. The molecule has 0 saturated heterocycles. The van der Waals surface area contributed by atoms with Crippen molar-refractivity contribution in [2.24, 2.45) is 0 Å². The van der Waals surface area contributed by atoms with Gasteiger partial charge in [-0.05, 0) is 18.2 Å². The predicted molar refractivity (Wildman–Crippen MR) is 93.4 cm³/mol. The first kappa shape index (κ1) is 17.3. The minimum absolute atomic E-state index is 0.0639. The molecule has 0 atom stereocenters. The van der Waals surface area contributed by atoms with E-state index in [1.165, 1.54) is 0 Å². The van der Waals surface area contributed by atoms with Crippen molar-refractivity contribution < 1.29 is 9.53 Å². The van der Waals surface area contributed by atoms with Crippen LogP contribution in [-0.2, 0) is 16.0 Å². The molecule has 0 aliphatic rings. The Labute approximate surface area is 142 Å². The second-order valence-corrected chi connectivity index (χ2v) is 6.84. The number of rotatable bonds is 9. The second kappa shape index (κ2) is 9.19. The van der Waals surface area contributed by atoms with Gasteiger partial charge in [0, 0.05) is 44.1 Å². The fraction of sp³-hybridized carbons (Fsp3) is 0.467. The summed E-state index contributed by atoms with van der Waals surface area (Å²) in [6.45, 7) is 2.87. The van der Waals surface area contributed by atoms with Gasteiger partial charge in [-0.25, -0.2) is 4.98 Å². The molecule has 0 radical (unpaired) electrons. The molecule has 2 rings (SSSR count). The Morgan fingerprint density at radius 3 is 3.05 bits per heavy atom. The van der Waals surface area contributed by atoms with Crippen LogP contribution in [0.2, 0.25) is 0 Å². The normalized spacial score (nSPS) is 11.0. The molecule has 0 unspecified atom stereocenters. The molecule has 1 heterocycles. The first-order valence-electron chi connectivity index (χ1n) is 7.20. The van der Waals surface area contributed by atoms with Gasteiger partial charge in [-0.3, -0.25) is 4.79 Å². The van der Waals surface area contributed by atoms with Gasteiger partial charge in [-0.15, -0.1) is 11.3 Å². The van der Waals surface area contributed by atoms with Gasteiger partial charge in [-0.1, -0.05) is 15.9 Å². The quantitative estimate of drug-likeness (QED) is 0.650. The van der Waals surface area contributed by atoms with Crippen molar-refractivity contribution in [2.45, 2.75) is 12.8 Å². The lowest BCUT2D eigenvalue weighted by molar-refractivity contribution is -0.121. The minimum atomic E-state index is 0.0639. The van der Waals surface area contributed by atoms with E-state index < -0.39 is 0 Å². The fourth-order valence-electron chi connectivity index (χ4n) is 1.95. The van der Waals surface area contributed by atoms with E-state index in [0.29, 0.717) is 26.0 Å². The van der Waals surface area contributed by atoms with Crippen molar-refractivity contribution in [3.8, 4) is 0 Å². The molecule has 0 bridgehead atoms. The maximum absolute atomic E-state index is 11.8. The third kappa shape index (κ3) is 5.64. The van der Waals surface area contributed by atoms with Gasteiger partial charge in [0.1, 0.15) is 0 Å². The standard InChI is InChI=1S/C15H20BrN3O2S/c1-21-9-8-17-6-7-18-14(20)4-5-15-19-12-10-11(16)2-3-13(12)22-15/h2-3,10,17H,4-9H2,1H3,(H,18,20). The molecular weight excluding hydrogens is 366 g/mol. The third-order valence-electron chi connectivity index (χ3n) is 3.07. The van der Waals surface area contributed by atoms with E-state index in [2.05, 4.69) is 31.5 Å². The first-order chi connectivity index (χ1) is 10.7. The number of nitrogens with zero attached hydrogens (tertiary/aromatic N) is 1. The molecule has 0 fully saturated rings. The highest BCUT2D eigenvalue weighted by Crippen LogP contribution is 2.25. The molecule has 1 aromatic heterocycles. The zero-order valence-corrected chi connectivity index (χ0v) is 14.9. The van der Waals surface area contributed by atoms with E-state index >= 15 is 0 Å². The van der Waals surface area contributed by atoms with Gasteiger partial charge < -0.3 is 15.4 Å². The van der Waals surface area contributed by atoms with E-state index in [1.807, 2.05) is 18.2 Å². The number of aromatic nitrogens is 1. The van der Waals surface area contributed by atoms with Gasteiger partial charge in [0.05, 0.1) is 21.8 Å². The van der Waals surface area contributed by atoms with Crippen molar-refractivity contribution in [1.29, 1.82) is 0 Å². The molecule has 1 aromatic carbocycles. The lowest BCUT2D eigenvalue weighted by Crippen LogP contribution is -2.33. The lowest BCUT2D eigenvalue weighted by atomic mass is 10.3. The van der Waals surface area contributed by atoms with E-state index in [0.717, 1.165) is 32.8 Å². The van der Waals surface area contributed by atoms with Crippen LogP contribution in [-0.4, -0.2) is 44.2 Å². The van der Waals surface area contributed by atoms with Crippen molar-refractivity contribution in [1.82, 2.24) is 15.6 Å². The zero-order chi connectivity index (χ0) is 15.8. The SMILES string of the molecule is COCCNCCNC(=O)CCc1nc2cc(Br)ccc2s1. The van der Waals surface area contributed by atoms with Gasteiger partial charge in [-0.2, -0.15) is 0 Å². The smallest absolute Gasteiger partial charge is 0.220 e. The Hall–Kier alpha value is -1.02. The fourth-order valence-corrected chi connectivity index (χ4v) is 3.25. The summed E-state index contributed by atoms with van der Waals surface area (Å²) >= 11 is 5.09. The topological polar surface area (TPSA) is 63.2 Å². The molecule has 120 valence electrons. The molecule has 7 heteroatoms. The minimum Gasteiger partial charge on any atom is -0.383 e. The number of halogens is 1. The summed E-state index contributed by atoms with van der Waals surface area (Å²) in [5.74, 6) is 0.0639. The van der Waals surface area contributed by atoms with Gasteiger partial charge in [0.15, 0.2) is 0 Å². The van der Waals surface area contributed by atoms with E-state index in [9.17, 15) is 4.79 Å². The lowest BCUT2D eigenvalue weighted by Gasteiger charge is -2.05. The Kier molecular flexibility index (Phi) is 7.24. The number of amides is 1. The molecule has 0 aliphatic carbocycles. The number of thiazole rings is 1. The number of ether oxygens (including phenoxy) is 1. The number of methoxy groups -OCH3 is 1. The summed E-state index contributed by atoms with van der Waals surface area (Å²) in [5.41, 5.74) is 0.983. The highest BCUT2D eigenvalue weighted by Gasteiger charge is 2.07. The molecule has 2 N–H and O–H groups in total. The van der Waals surface area contributed by atoms with Crippen LogP contribution in [0.15, 0.2) is 22.7 Å². The first-order valence-corrected chi connectivity index (χ1v) is 8.81. The second-order valence-electron chi connectivity index (χ2n) is 4.81. The Balaban J connectivity index is 1.69. The summed E-state index contributed by atoms with van der Waals surface area (Å²) < 4.78 is 7.11. The maximum atomic E-state index is 11.8. The number of hydrogen-bond donors (Lipinski definition) is 2. The van der Waals surface area contributed by atoms with Crippen LogP contribution < -0.4 is 10.6 Å². The summed E-state index contributed by atoms with van der Waals surface area (Å²) in [6.07, 6.45) is 1.15. The number of fused-ring (bicyclic) bond motifs is 1. The van der Waals surface area contributed by atoms with Gasteiger partial charge in [0.25, 0.3) is 0 Å². The predicted octanol–water partition coefficient (Wildman–Crippen LogP) is 2.34. The highest BCUT2D eigenvalue weighted by atomic mass is 79.9. The number of hydrogen-bond acceptors (Lipinski definition) is 5.